The maximum atomic E-state index is 11.8. The van der Waals surface area contributed by atoms with Gasteiger partial charge in [0.15, 0.2) is 0 Å². The van der Waals surface area contributed by atoms with E-state index >= 15 is 0 Å². The maximum Gasteiger partial charge on any atom is 0.253 e. The average molecular weight is 244 g/mol. The summed E-state index contributed by atoms with van der Waals surface area (Å²) in [5, 5.41) is 6.32. The van der Waals surface area contributed by atoms with Gasteiger partial charge in [0, 0.05) is 25.0 Å². The van der Waals surface area contributed by atoms with Crippen LogP contribution in [0.15, 0.2) is 12.4 Å². The van der Waals surface area contributed by atoms with Gasteiger partial charge in [-0.2, -0.15) is 0 Å². The highest BCUT2D eigenvalue weighted by atomic mass is 35.5. The van der Waals surface area contributed by atoms with Crippen LogP contribution in [0, 0.1) is 6.92 Å². The summed E-state index contributed by atoms with van der Waals surface area (Å²) in [7, 11) is 0. The Morgan fingerprint density at radius 2 is 2.31 bits per heavy atom. The molecule has 2 rings (SSSR count). The van der Waals surface area contributed by atoms with Crippen molar-refractivity contribution in [3.05, 3.63) is 23.5 Å². The molecule has 0 spiro atoms. The summed E-state index contributed by atoms with van der Waals surface area (Å²) >= 11 is 0. The molecule has 1 saturated heterocycles. The Labute approximate surface area is 102 Å². The second-order valence-electron chi connectivity index (χ2n) is 4.07. The highest BCUT2D eigenvalue weighted by Gasteiger charge is 2.17. The molecule has 1 aliphatic rings. The summed E-state index contributed by atoms with van der Waals surface area (Å²) in [6.45, 7) is 3.88. The molecular weight excluding hydrogens is 226 g/mol. The number of hydrogen-bond acceptors (Lipinski definition) is 2. The number of piperidine rings is 1. The number of halogens is 1. The predicted molar refractivity (Wildman–Crippen MR) is 66.1 cm³/mol. The summed E-state index contributed by atoms with van der Waals surface area (Å²) in [4.78, 5) is 14.8. The molecule has 1 unspecified atom stereocenters. The first-order chi connectivity index (χ1) is 7.27. The standard InChI is InChI=1S/C11H17N3O.ClH/c1-8-5-13-7-10(8)11(15)14-9-3-2-4-12-6-9;/h5,7,9,12-13H,2-4,6H2,1H3,(H,14,15);1H. The lowest BCUT2D eigenvalue weighted by molar-refractivity contribution is 0.0930. The molecule has 1 amide bonds. The third kappa shape index (κ3) is 3.00. The van der Waals surface area contributed by atoms with E-state index < -0.39 is 0 Å². The molecule has 16 heavy (non-hydrogen) atoms. The fourth-order valence-corrected chi connectivity index (χ4v) is 1.92. The quantitative estimate of drug-likeness (QED) is 0.732. The van der Waals surface area contributed by atoms with Crippen molar-refractivity contribution in [3.63, 3.8) is 0 Å². The lowest BCUT2D eigenvalue weighted by Gasteiger charge is -2.23. The SMILES string of the molecule is Cc1c[nH]cc1C(=O)NC1CCCNC1.Cl. The second-order valence-corrected chi connectivity index (χ2v) is 4.07. The molecule has 0 saturated carbocycles. The minimum atomic E-state index is 0. The number of aromatic nitrogens is 1. The van der Waals surface area contributed by atoms with Gasteiger partial charge in [0.25, 0.3) is 5.91 Å². The van der Waals surface area contributed by atoms with E-state index in [9.17, 15) is 4.79 Å². The van der Waals surface area contributed by atoms with Crippen LogP contribution >= 0.6 is 12.4 Å². The minimum Gasteiger partial charge on any atom is -0.367 e. The van der Waals surface area contributed by atoms with Gasteiger partial charge < -0.3 is 15.6 Å². The molecule has 90 valence electrons. The number of carbonyl (C=O) groups excluding carboxylic acids is 1. The lowest BCUT2D eigenvalue weighted by Crippen LogP contribution is -2.45. The number of H-pyrrole nitrogens is 1. The van der Waals surface area contributed by atoms with Gasteiger partial charge in [-0.15, -0.1) is 12.4 Å². The smallest absolute Gasteiger partial charge is 0.253 e. The third-order valence-electron chi connectivity index (χ3n) is 2.83. The third-order valence-corrected chi connectivity index (χ3v) is 2.83. The minimum absolute atomic E-state index is 0. The van der Waals surface area contributed by atoms with E-state index in [1.54, 1.807) is 6.20 Å². The molecular formula is C11H18ClN3O. The molecule has 3 N–H and O–H groups in total. The van der Waals surface area contributed by atoms with Gasteiger partial charge in [-0.25, -0.2) is 0 Å². The Morgan fingerprint density at radius 3 is 2.88 bits per heavy atom. The van der Waals surface area contributed by atoms with Crippen LogP contribution in [0.5, 0.6) is 0 Å². The Morgan fingerprint density at radius 1 is 1.50 bits per heavy atom. The van der Waals surface area contributed by atoms with Crippen molar-refractivity contribution in [2.45, 2.75) is 25.8 Å². The topological polar surface area (TPSA) is 56.9 Å². The number of aryl methyl sites for hydroxylation is 1. The average Bonchev–Trinajstić information content (AvgIpc) is 2.66. The number of carbonyl (C=O) groups is 1. The van der Waals surface area contributed by atoms with Crippen molar-refractivity contribution in [2.24, 2.45) is 0 Å². The largest absolute Gasteiger partial charge is 0.367 e. The number of rotatable bonds is 2. The van der Waals surface area contributed by atoms with Crippen molar-refractivity contribution in [1.29, 1.82) is 0 Å². The second kappa shape index (κ2) is 5.92. The Hall–Kier alpha value is -1.00. The van der Waals surface area contributed by atoms with Crippen molar-refractivity contribution in [2.75, 3.05) is 13.1 Å². The highest BCUT2D eigenvalue weighted by Crippen LogP contribution is 2.07. The van der Waals surface area contributed by atoms with Gasteiger partial charge in [-0.1, -0.05) is 0 Å². The van der Waals surface area contributed by atoms with E-state index in [-0.39, 0.29) is 24.4 Å². The van der Waals surface area contributed by atoms with Gasteiger partial charge in [0.1, 0.15) is 0 Å². The zero-order valence-corrected chi connectivity index (χ0v) is 10.2. The molecule has 0 radical (unpaired) electrons. The Kier molecular flexibility index (Phi) is 4.83. The van der Waals surface area contributed by atoms with Crippen LogP contribution in [0.2, 0.25) is 0 Å². The summed E-state index contributed by atoms with van der Waals surface area (Å²) in [6, 6.07) is 0.278. The molecule has 1 aromatic heterocycles. The lowest BCUT2D eigenvalue weighted by atomic mass is 10.1. The van der Waals surface area contributed by atoms with E-state index in [4.69, 9.17) is 0 Å². The zero-order valence-electron chi connectivity index (χ0n) is 9.38. The van der Waals surface area contributed by atoms with Crippen molar-refractivity contribution < 1.29 is 4.79 Å². The Bertz CT molecular complexity index is 345. The van der Waals surface area contributed by atoms with E-state index in [1.165, 1.54) is 0 Å². The van der Waals surface area contributed by atoms with Crippen molar-refractivity contribution in [3.8, 4) is 0 Å². The summed E-state index contributed by atoms with van der Waals surface area (Å²) in [5.74, 6) is 0.0300. The van der Waals surface area contributed by atoms with Crippen molar-refractivity contribution >= 4 is 18.3 Å². The molecule has 0 aliphatic carbocycles. The summed E-state index contributed by atoms with van der Waals surface area (Å²) < 4.78 is 0. The van der Waals surface area contributed by atoms with E-state index in [1.807, 2.05) is 13.1 Å². The zero-order chi connectivity index (χ0) is 10.7. The van der Waals surface area contributed by atoms with Crippen LogP contribution < -0.4 is 10.6 Å². The van der Waals surface area contributed by atoms with Crippen LogP contribution in [0.25, 0.3) is 0 Å². The van der Waals surface area contributed by atoms with E-state index in [0.29, 0.717) is 0 Å². The normalized spacial score (nSPS) is 19.9. The molecule has 1 aromatic rings. The van der Waals surface area contributed by atoms with Crippen LogP contribution in [0.3, 0.4) is 0 Å². The Balaban J connectivity index is 0.00000128. The molecule has 1 fully saturated rings. The number of nitrogens with one attached hydrogen (secondary N) is 3. The molecule has 1 aliphatic heterocycles. The summed E-state index contributed by atoms with van der Waals surface area (Å²) in [5.41, 5.74) is 1.75. The first-order valence-corrected chi connectivity index (χ1v) is 5.42. The molecule has 5 heteroatoms. The van der Waals surface area contributed by atoms with Crippen LogP contribution in [0.1, 0.15) is 28.8 Å². The highest BCUT2D eigenvalue weighted by molar-refractivity contribution is 5.95. The van der Waals surface area contributed by atoms with Gasteiger partial charge in [0.2, 0.25) is 0 Å². The first kappa shape index (κ1) is 13.1. The number of amides is 1. The number of hydrogen-bond donors (Lipinski definition) is 3. The van der Waals surface area contributed by atoms with Crippen LogP contribution in [-0.4, -0.2) is 30.0 Å². The molecule has 0 aromatic carbocycles. The maximum absolute atomic E-state index is 11.8. The fraction of sp³-hybridized carbons (Fsp3) is 0.545. The van der Waals surface area contributed by atoms with E-state index in [2.05, 4.69) is 15.6 Å². The molecule has 4 nitrogen and oxygen atoms in total. The van der Waals surface area contributed by atoms with Crippen molar-refractivity contribution in [1.82, 2.24) is 15.6 Å². The van der Waals surface area contributed by atoms with Gasteiger partial charge >= 0.3 is 0 Å². The van der Waals surface area contributed by atoms with Crippen LogP contribution in [-0.2, 0) is 0 Å². The predicted octanol–water partition coefficient (Wildman–Crippen LogP) is 1.23. The van der Waals surface area contributed by atoms with Gasteiger partial charge in [-0.3, -0.25) is 4.79 Å². The van der Waals surface area contributed by atoms with Crippen LogP contribution in [0.4, 0.5) is 0 Å². The molecule has 1 atom stereocenters. The van der Waals surface area contributed by atoms with Gasteiger partial charge in [-0.05, 0) is 31.9 Å². The molecule has 0 bridgehead atoms. The fourth-order valence-electron chi connectivity index (χ4n) is 1.92. The first-order valence-electron chi connectivity index (χ1n) is 5.42. The van der Waals surface area contributed by atoms with E-state index in [0.717, 1.165) is 37.1 Å². The summed E-state index contributed by atoms with van der Waals surface area (Å²) in [6.07, 6.45) is 5.80. The van der Waals surface area contributed by atoms with Gasteiger partial charge in [0.05, 0.1) is 5.56 Å². The monoisotopic (exact) mass is 243 g/mol. The molecule has 2 heterocycles. The number of aromatic amines is 1.